The first-order chi connectivity index (χ1) is 14.8. The largest absolute Gasteiger partial charge is 0.301 e. The fraction of sp³-hybridized carbons (Fsp3) is 0.217. The molecule has 3 aromatic rings. The van der Waals surface area contributed by atoms with Crippen molar-refractivity contribution >= 4 is 28.9 Å². The van der Waals surface area contributed by atoms with E-state index in [0.29, 0.717) is 16.1 Å². The van der Waals surface area contributed by atoms with Crippen LogP contribution in [0.15, 0.2) is 71.0 Å². The van der Waals surface area contributed by atoms with Crippen molar-refractivity contribution < 1.29 is 4.79 Å². The summed E-state index contributed by atoms with van der Waals surface area (Å²) in [6.45, 7) is 0. The summed E-state index contributed by atoms with van der Waals surface area (Å²) in [6, 6.07) is 14.1. The second-order valence-electron chi connectivity index (χ2n) is 7.39. The molecule has 0 atom stereocenters. The van der Waals surface area contributed by atoms with Crippen molar-refractivity contribution in [1.29, 1.82) is 0 Å². The van der Waals surface area contributed by atoms with Crippen LogP contribution in [0, 0.1) is 0 Å². The van der Waals surface area contributed by atoms with Gasteiger partial charge < -0.3 is 5.32 Å². The van der Waals surface area contributed by atoms with E-state index in [1.165, 1.54) is 24.6 Å². The number of hydrogen-bond acceptors (Lipinski definition) is 5. The molecule has 0 unspecified atom stereocenters. The van der Waals surface area contributed by atoms with Crippen LogP contribution in [0.5, 0.6) is 0 Å². The Bertz CT molecular complexity index is 1120. The number of aliphatic imine (C=N–C) groups is 1. The summed E-state index contributed by atoms with van der Waals surface area (Å²) in [5.74, 6) is -0.107. The Morgan fingerprint density at radius 3 is 2.63 bits per heavy atom. The zero-order valence-corrected chi connectivity index (χ0v) is 17.2. The van der Waals surface area contributed by atoms with Gasteiger partial charge in [0, 0.05) is 29.7 Å². The molecule has 1 saturated heterocycles. The Kier molecular flexibility index (Phi) is 5.19. The van der Waals surface area contributed by atoms with Crippen LogP contribution in [0.4, 0.5) is 0 Å². The van der Waals surface area contributed by atoms with Crippen molar-refractivity contribution in [2.75, 3.05) is 0 Å². The van der Waals surface area contributed by atoms with Gasteiger partial charge in [-0.3, -0.25) is 14.8 Å². The van der Waals surface area contributed by atoms with Gasteiger partial charge in [0.05, 0.1) is 16.6 Å². The van der Waals surface area contributed by atoms with Gasteiger partial charge in [-0.1, -0.05) is 31.0 Å². The number of amides is 1. The lowest BCUT2D eigenvalue weighted by Gasteiger charge is -2.02. The molecule has 1 aliphatic heterocycles. The Balaban J connectivity index is 1.51. The highest BCUT2D eigenvalue weighted by Gasteiger charge is 2.26. The minimum absolute atomic E-state index is 0.107. The van der Waals surface area contributed by atoms with Gasteiger partial charge >= 0.3 is 0 Å². The van der Waals surface area contributed by atoms with E-state index in [4.69, 9.17) is 10.1 Å². The first-order valence-corrected chi connectivity index (χ1v) is 10.9. The Labute approximate surface area is 179 Å². The van der Waals surface area contributed by atoms with E-state index in [0.717, 1.165) is 35.3 Å². The van der Waals surface area contributed by atoms with Crippen LogP contribution in [-0.2, 0) is 4.79 Å². The van der Waals surface area contributed by atoms with Gasteiger partial charge in [0.15, 0.2) is 5.17 Å². The van der Waals surface area contributed by atoms with Gasteiger partial charge in [0.2, 0.25) is 0 Å². The Morgan fingerprint density at radius 2 is 1.87 bits per heavy atom. The number of nitrogens with one attached hydrogen (secondary N) is 1. The Morgan fingerprint density at radius 1 is 1.10 bits per heavy atom. The maximum atomic E-state index is 12.6. The van der Waals surface area contributed by atoms with E-state index in [2.05, 4.69) is 10.3 Å². The highest BCUT2D eigenvalue weighted by atomic mass is 32.2. The first-order valence-electron chi connectivity index (χ1n) is 10.1. The number of benzene rings is 1. The van der Waals surface area contributed by atoms with Gasteiger partial charge in [-0.2, -0.15) is 5.10 Å². The molecule has 0 bridgehead atoms. The number of carbonyl (C=O) groups excluding carboxylic acids is 1. The standard InChI is InChI=1S/C23H21N5OS/c29-22-20(30-23(26-22)25-18-6-4-5-7-18)14-17-15-28(19-8-2-1-3-9-19)27-21(17)16-10-12-24-13-11-16/h1-3,8-15,18H,4-7H2,(H,25,26,29)/b20-14-. The SMILES string of the molecule is O=C1NC(=NC2CCCC2)S/C1=C\c1cn(-c2ccccc2)nc1-c1ccncc1. The first kappa shape index (κ1) is 18.8. The quantitative estimate of drug-likeness (QED) is 0.640. The molecule has 1 aliphatic carbocycles. The molecular formula is C23H21N5OS. The number of nitrogens with zero attached hydrogens (tertiary/aromatic N) is 4. The number of hydrogen-bond donors (Lipinski definition) is 1. The predicted octanol–water partition coefficient (Wildman–Crippen LogP) is 4.44. The number of para-hydroxylation sites is 1. The highest BCUT2D eigenvalue weighted by molar-refractivity contribution is 8.18. The molecule has 150 valence electrons. The number of thioether (sulfide) groups is 1. The topological polar surface area (TPSA) is 72.2 Å². The summed E-state index contributed by atoms with van der Waals surface area (Å²) in [5.41, 5.74) is 3.60. The summed E-state index contributed by atoms with van der Waals surface area (Å²) in [4.78, 5) is 22.0. The number of carbonyl (C=O) groups is 1. The van der Waals surface area contributed by atoms with Crippen molar-refractivity contribution in [3.05, 3.63) is 71.5 Å². The third-order valence-electron chi connectivity index (χ3n) is 5.28. The number of amidine groups is 1. The van der Waals surface area contributed by atoms with Crippen molar-refractivity contribution in [2.45, 2.75) is 31.7 Å². The minimum atomic E-state index is -0.107. The lowest BCUT2D eigenvalue weighted by Crippen LogP contribution is -2.21. The summed E-state index contributed by atoms with van der Waals surface area (Å²) in [6.07, 6.45) is 12.0. The molecule has 1 N–H and O–H groups in total. The van der Waals surface area contributed by atoms with E-state index in [1.54, 1.807) is 12.4 Å². The molecule has 1 aromatic carbocycles. The number of pyridine rings is 1. The molecule has 30 heavy (non-hydrogen) atoms. The maximum absolute atomic E-state index is 12.6. The fourth-order valence-corrected chi connectivity index (χ4v) is 4.65. The van der Waals surface area contributed by atoms with Crippen LogP contribution in [0.1, 0.15) is 31.2 Å². The van der Waals surface area contributed by atoms with E-state index < -0.39 is 0 Å². The molecule has 2 aliphatic rings. The predicted molar refractivity (Wildman–Crippen MR) is 120 cm³/mol. The van der Waals surface area contributed by atoms with Gasteiger partial charge in [0.25, 0.3) is 5.91 Å². The second-order valence-corrected chi connectivity index (χ2v) is 8.42. The lowest BCUT2D eigenvalue weighted by molar-refractivity contribution is -0.115. The molecule has 6 nitrogen and oxygen atoms in total. The Hall–Kier alpha value is -3.19. The second kappa shape index (κ2) is 8.28. The number of rotatable bonds is 4. The minimum Gasteiger partial charge on any atom is -0.301 e. The summed E-state index contributed by atoms with van der Waals surface area (Å²) < 4.78 is 1.84. The molecule has 2 aromatic heterocycles. The summed E-state index contributed by atoms with van der Waals surface area (Å²) in [5, 5.41) is 8.42. The van der Waals surface area contributed by atoms with Crippen LogP contribution >= 0.6 is 11.8 Å². The van der Waals surface area contributed by atoms with Crippen LogP contribution in [-0.4, -0.2) is 31.9 Å². The van der Waals surface area contributed by atoms with Crippen LogP contribution in [0.3, 0.4) is 0 Å². The molecule has 2 fully saturated rings. The third kappa shape index (κ3) is 3.93. The van der Waals surface area contributed by atoms with Crippen molar-refractivity contribution in [3.8, 4) is 16.9 Å². The lowest BCUT2D eigenvalue weighted by atomic mass is 10.1. The molecule has 0 spiro atoms. The highest BCUT2D eigenvalue weighted by Crippen LogP contribution is 2.32. The van der Waals surface area contributed by atoms with Crippen molar-refractivity contribution in [1.82, 2.24) is 20.1 Å². The van der Waals surface area contributed by atoms with E-state index >= 15 is 0 Å². The molecule has 5 rings (SSSR count). The molecular weight excluding hydrogens is 394 g/mol. The van der Waals surface area contributed by atoms with Crippen LogP contribution < -0.4 is 5.32 Å². The van der Waals surface area contributed by atoms with E-state index in [9.17, 15) is 4.79 Å². The third-order valence-corrected chi connectivity index (χ3v) is 6.20. The monoisotopic (exact) mass is 415 g/mol. The maximum Gasteiger partial charge on any atom is 0.264 e. The van der Waals surface area contributed by atoms with Crippen molar-refractivity contribution in [3.63, 3.8) is 0 Å². The van der Waals surface area contributed by atoms with E-state index in [-0.39, 0.29) is 5.91 Å². The van der Waals surface area contributed by atoms with Crippen LogP contribution in [0.25, 0.3) is 23.0 Å². The average Bonchev–Trinajstić information content (AvgIpc) is 3.51. The molecule has 3 heterocycles. The van der Waals surface area contributed by atoms with E-state index in [1.807, 2.05) is 59.4 Å². The normalized spacial score (nSPS) is 19.7. The van der Waals surface area contributed by atoms with Gasteiger partial charge in [0.1, 0.15) is 5.69 Å². The zero-order valence-electron chi connectivity index (χ0n) is 16.4. The smallest absolute Gasteiger partial charge is 0.264 e. The van der Waals surface area contributed by atoms with Crippen LogP contribution in [0.2, 0.25) is 0 Å². The molecule has 0 radical (unpaired) electrons. The van der Waals surface area contributed by atoms with Gasteiger partial charge in [-0.05, 0) is 54.9 Å². The molecule has 1 amide bonds. The van der Waals surface area contributed by atoms with Crippen molar-refractivity contribution in [2.24, 2.45) is 4.99 Å². The zero-order chi connectivity index (χ0) is 20.3. The van der Waals surface area contributed by atoms with Gasteiger partial charge in [-0.25, -0.2) is 4.68 Å². The molecule has 7 heteroatoms. The van der Waals surface area contributed by atoms with Gasteiger partial charge in [-0.15, -0.1) is 0 Å². The average molecular weight is 416 g/mol. The fourth-order valence-electron chi connectivity index (χ4n) is 3.77. The number of aromatic nitrogens is 3. The molecule has 1 saturated carbocycles. The summed E-state index contributed by atoms with van der Waals surface area (Å²) >= 11 is 1.41. The summed E-state index contributed by atoms with van der Waals surface area (Å²) in [7, 11) is 0.